The third-order valence-corrected chi connectivity index (χ3v) is 5.74. The van der Waals surface area contributed by atoms with Crippen LogP contribution in [0.3, 0.4) is 0 Å². The average molecular weight is 455 g/mol. The fourth-order valence-electron chi connectivity index (χ4n) is 3.73. The van der Waals surface area contributed by atoms with Crippen molar-refractivity contribution in [3.05, 3.63) is 63.7 Å². The van der Waals surface area contributed by atoms with Gasteiger partial charge in [-0.2, -0.15) is 13.2 Å². The maximum Gasteiger partial charge on any atom is 0.392 e. The number of hydrogen-bond acceptors (Lipinski definition) is 3. The van der Waals surface area contributed by atoms with E-state index in [1.807, 2.05) is 25.1 Å². The summed E-state index contributed by atoms with van der Waals surface area (Å²) in [4.78, 5) is 13.5. The largest absolute Gasteiger partial charge is 0.492 e. The van der Waals surface area contributed by atoms with E-state index in [1.165, 1.54) is 12.5 Å². The number of halogens is 4. The highest BCUT2D eigenvalue weighted by Gasteiger charge is 2.27. The number of fused-ring (bicyclic) bond motifs is 1. The van der Waals surface area contributed by atoms with E-state index < -0.39 is 19.2 Å². The summed E-state index contributed by atoms with van der Waals surface area (Å²) in [6, 6.07) is 11.7. The number of rotatable bonds is 7. The second kappa shape index (κ2) is 9.92. The quantitative estimate of drug-likeness (QED) is 0.606. The number of hydrogen-bond donors (Lipinski definition) is 1. The summed E-state index contributed by atoms with van der Waals surface area (Å²) in [6.07, 6.45) is -4.54. The molecule has 1 N–H and O–H groups in total. The first-order chi connectivity index (χ1) is 14.6. The third-order valence-electron chi connectivity index (χ3n) is 5.33. The molecule has 3 rings (SSSR count). The average Bonchev–Trinajstić information content (AvgIpc) is 2.69. The number of nitrogens with zero attached hydrogens (tertiary/aromatic N) is 1. The van der Waals surface area contributed by atoms with Crippen LogP contribution in [0.15, 0.2) is 36.4 Å². The lowest BCUT2D eigenvalue weighted by Crippen LogP contribution is -2.30. The van der Waals surface area contributed by atoms with Crippen LogP contribution < -0.4 is 10.1 Å². The summed E-state index contributed by atoms with van der Waals surface area (Å²) in [7, 11) is 0. The molecular formula is C23H26ClF3N2O2. The normalized spacial score (nSPS) is 15.3. The lowest BCUT2D eigenvalue weighted by atomic mass is 9.98. The van der Waals surface area contributed by atoms with Crippen molar-refractivity contribution in [1.82, 2.24) is 10.2 Å². The Kier molecular flexibility index (Phi) is 7.49. The van der Waals surface area contributed by atoms with Crippen molar-refractivity contribution in [2.75, 3.05) is 13.2 Å². The van der Waals surface area contributed by atoms with Crippen molar-refractivity contribution in [2.24, 2.45) is 0 Å². The monoisotopic (exact) mass is 454 g/mol. The highest BCUT2D eigenvalue weighted by atomic mass is 35.5. The fraction of sp³-hybridized carbons (Fsp3) is 0.435. The van der Waals surface area contributed by atoms with Crippen molar-refractivity contribution in [3.8, 4) is 5.75 Å². The van der Waals surface area contributed by atoms with Gasteiger partial charge in [-0.25, -0.2) is 0 Å². The van der Waals surface area contributed by atoms with Gasteiger partial charge in [0.2, 0.25) is 5.91 Å². The van der Waals surface area contributed by atoms with Crippen LogP contribution in [0.4, 0.5) is 13.2 Å². The summed E-state index contributed by atoms with van der Waals surface area (Å²) in [5.41, 5.74) is 4.23. The van der Waals surface area contributed by atoms with Gasteiger partial charge >= 0.3 is 6.18 Å². The highest BCUT2D eigenvalue weighted by Crippen LogP contribution is 2.35. The summed E-state index contributed by atoms with van der Waals surface area (Å²) >= 11 is 6.41. The molecule has 0 saturated heterocycles. The van der Waals surface area contributed by atoms with Gasteiger partial charge in [0.05, 0.1) is 24.1 Å². The van der Waals surface area contributed by atoms with Gasteiger partial charge in [0, 0.05) is 26.6 Å². The van der Waals surface area contributed by atoms with E-state index in [-0.39, 0.29) is 11.9 Å². The van der Waals surface area contributed by atoms with Gasteiger partial charge < -0.3 is 10.1 Å². The zero-order valence-corrected chi connectivity index (χ0v) is 18.3. The topological polar surface area (TPSA) is 41.6 Å². The summed E-state index contributed by atoms with van der Waals surface area (Å²) in [5, 5.41) is 3.29. The molecule has 2 aromatic rings. The summed E-state index contributed by atoms with van der Waals surface area (Å²) in [6.45, 7) is 5.29. The maximum atomic E-state index is 12.3. The van der Waals surface area contributed by atoms with Gasteiger partial charge in [0.15, 0.2) is 0 Å². The predicted molar refractivity (Wildman–Crippen MR) is 114 cm³/mol. The van der Waals surface area contributed by atoms with Crippen LogP contribution in [-0.2, 0) is 24.3 Å². The fourth-order valence-corrected chi connectivity index (χ4v) is 4.06. The van der Waals surface area contributed by atoms with E-state index in [0.29, 0.717) is 23.7 Å². The Labute approximate surface area is 185 Å². The molecule has 8 heteroatoms. The predicted octanol–water partition coefficient (Wildman–Crippen LogP) is 5.43. The van der Waals surface area contributed by atoms with Crippen molar-refractivity contribution in [2.45, 2.75) is 52.0 Å². The second-order valence-corrected chi connectivity index (χ2v) is 8.23. The Balaban J connectivity index is 1.60. The Hall–Kier alpha value is -2.25. The molecule has 1 aliphatic heterocycles. The molecule has 0 spiro atoms. The van der Waals surface area contributed by atoms with Crippen LogP contribution in [0.1, 0.15) is 48.6 Å². The van der Waals surface area contributed by atoms with E-state index in [2.05, 4.69) is 22.3 Å². The smallest absolute Gasteiger partial charge is 0.392 e. The maximum absolute atomic E-state index is 12.3. The van der Waals surface area contributed by atoms with E-state index in [0.717, 1.165) is 29.8 Å². The number of nitrogens with one attached hydrogen (secondary N) is 1. The molecule has 1 amide bonds. The van der Waals surface area contributed by atoms with Gasteiger partial charge in [-0.3, -0.25) is 9.69 Å². The molecule has 1 unspecified atom stereocenters. The Morgan fingerprint density at radius 3 is 2.58 bits per heavy atom. The van der Waals surface area contributed by atoms with Gasteiger partial charge in [0.25, 0.3) is 0 Å². The second-order valence-electron chi connectivity index (χ2n) is 7.85. The molecule has 4 nitrogen and oxygen atoms in total. The minimum absolute atomic E-state index is 0.0388. The molecule has 1 aliphatic rings. The van der Waals surface area contributed by atoms with Gasteiger partial charge in [-0.05, 0) is 41.7 Å². The molecule has 0 aliphatic carbocycles. The lowest BCUT2D eigenvalue weighted by molar-refractivity contribution is -0.139. The highest BCUT2D eigenvalue weighted by molar-refractivity contribution is 6.33. The first kappa shape index (κ1) is 23.4. The van der Waals surface area contributed by atoms with E-state index in [4.69, 9.17) is 16.3 Å². The molecule has 0 saturated carbocycles. The molecule has 0 fully saturated rings. The zero-order valence-electron chi connectivity index (χ0n) is 17.6. The van der Waals surface area contributed by atoms with E-state index >= 15 is 0 Å². The minimum atomic E-state index is -4.25. The van der Waals surface area contributed by atoms with Crippen LogP contribution >= 0.6 is 11.6 Å². The first-order valence-electron chi connectivity index (χ1n) is 10.2. The van der Waals surface area contributed by atoms with E-state index in [1.54, 1.807) is 6.07 Å². The Morgan fingerprint density at radius 1 is 1.23 bits per heavy atom. The molecule has 2 aromatic carbocycles. The lowest BCUT2D eigenvalue weighted by Gasteiger charge is -2.30. The molecule has 0 radical (unpaired) electrons. The van der Waals surface area contributed by atoms with Gasteiger partial charge in [-0.1, -0.05) is 41.9 Å². The summed E-state index contributed by atoms with van der Waals surface area (Å²) < 4.78 is 42.3. The van der Waals surface area contributed by atoms with E-state index in [9.17, 15) is 18.0 Å². The number of carbonyl (C=O) groups excluding carboxylic acids is 1. The van der Waals surface area contributed by atoms with Crippen molar-refractivity contribution >= 4 is 17.5 Å². The SMILES string of the molecule is CC(=O)NC(C)c1ccc(CN2CCc3c(ccc(OCCC(F)(F)F)c3Cl)C2)cc1. The molecular weight excluding hydrogens is 429 g/mol. The van der Waals surface area contributed by atoms with Crippen LogP contribution in [0.5, 0.6) is 5.75 Å². The Bertz CT molecular complexity index is 916. The number of carbonyl (C=O) groups is 1. The minimum Gasteiger partial charge on any atom is -0.492 e. The molecule has 0 aromatic heterocycles. The van der Waals surface area contributed by atoms with Crippen LogP contribution in [-0.4, -0.2) is 30.1 Å². The van der Waals surface area contributed by atoms with Crippen LogP contribution in [0.25, 0.3) is 0 Å². The van der Waals surface area contributed by atoms with Crippen molar-refractivity contribution in [1.29, 1.82) is 0 Å². The third kappa shape index (κ3) is 6.61. The number of amides is 1. The zero-order chi connectivity index (χ0) is 22.6. The van der Waals surface area contributed by atoms with Crippen LogP contribution in [0, 0.1) is 0 Å². The van der Waals surface area contributed by atoms with Gasteiger partial charge in [0.1, 0.15) is 5.75 Å². The van der Waals surface area contributed by atoms with Crippen LogP contribution in [0.2, 0.25) is 5.02 Å². The number of ether oxygens (including phenoxy) is 1. The van der Waals surface area contributed by atoms with Gasteiger partial charge in [-0.15, -0.1) is 0 Å². The van der Waals surface area contributed by atoms with Crippen molar-refractivity contribution in [3.63, 3.8) is 0 Å². The van der Waals surface area contributed by atoms with Crippen molar-refractivity contribution < 1.29 is 22.7 Å². The Morgan fingerprint density at radius 2 is 1.94 bits per heavy atom. The summed E-state index contributed by atoms with van der Waals surface area (Å²) in [5.74, 6) is 0.248. The molecule has 31 heavy (non-hydrogen) atoms. The molecule has 1 atom stereocenters. The molecule has 168 valence electrons. The standard InChI is InChI=1S/C23H26ClF3N2O2/c1-15(28-16(2)30)18-5-3-17(4-6-18)13-29-11-9-20-19(14-29)7-8-21(22(20)24)31-12-10-23(25,26)27/h3-8,15H,9-14H2,1-2H3,(H,28,30). The molecule has 0 bridgehead atoms. The number of benzene rings is 2. The first-order valence-corrected chi connectivity index (χ1v) is 10.6. The number of alkyl halides is 3. The molecule has 1 heterocycles.